The van der Waals surface area contributed by atoms with Crippen LogP contribution >= 0.6 is 0 Å². The molecule has 2 atom stereocenters. The van der Waals surface area contributed by atoms with Gasteiger partial charge in [-0.25, -0.2) is 0 Å². The first kappa shape index (κ1) is 12.6. The Hall–Kier alpha value is -1.42. The molecule has 0 spiro atoms. The van der Waals surface area contributed by atoms with E-state index in [1.165, 1.54) is 12.0 Å². The Morgan fingerprint density at radius 3 is 3.21 bits per heavy atom. The lowest BCUT2D eigenvalue weighted by atomic mass is 9.61. The Morgan fingerprint density at radius 1 is 1.63 bits per heavy atom. The number of hydrogen-bond donors (Lipinski definition) is 2. The number of nitrogens with one attached hydrogen (secondary N) is 2. The van der Waals surface area contributed by atoms with Crippen LogP contribution in [0.3, 0.4) is 0 Å². The highest BCUT2D eigenvalue weighted by atomic mass is 16.2. The summed E-state index contributed by atoms with van der Waals surface area (Å²) in [6.45, 7) is 4.59. The van der Waals surface area contributed by atoms with E-state index in [2.05, 4.69) is 21.7 Å². The van der Waals surface area contributed by atoms with E-state index in [-0.39, 0.29) is 11.3 Å². The van der Waals surface area contributed by atoms with Crippen LogP contribution in [0.15, 0.2) is 18.3 Å². The van der Waals surface area contributed by atoms with Gasteiger partial charge in [-0.3, -0.25) is 9.78 Å². The van der Waals surface area contributed by atoms with Crippen LogP contribution in [0.5, 0.6) is 0 Å². The predicted molar refractivity (Wildman–Crippen MR) is 73.7 cm³/mol. The van der Waals surface area contributed by atoms with Crippen molar-refractivity contribution < 1.29 is 4.79 Å². The minimum absolute atomic E-state index is 0.0933. The average Bonchev–Trinajstić information content (AvgIpc) is 2.68. The largest absolute Gasteiger partial charge is 0.355 e. The van der Waals surface area contributed by atoms with E-state index in [0.29, 0.717) is 12.5 Å². The van der Waals surface area contributed by atoms with Crippen molar-refractivity contribution in [1.29, 1.82) is 0 Å². The van der Waals surface area contributed by atoms with Gasteiger partial charge in [0.1, 0.15) is 0 Å². The van der Waals surface area contributed by atoms with Gasteiger partial charge in [0, 0.05) is 25.0 Å². The molecule has 2 heterocycles. The van der Waals surface area contributed by atoms with Gasteiger partial charge in [0.05, 0.1) is 5.41 Å². The van der Waals surface area contributed by atoms with Crippen LogP contribution < -0.4 is 10.6 Å². The number of fused-ring (bicyclic) bond motifs is 1. The molecule has 1 amide bonds. The number of aromatic nitrogens is 1. The van der Waals surface area contributed by atoms with Gasteiger partial charge in [-0.15, -0.1) is 0 Å². The Bertz CT molecular complexity index is 488. The van der Waals surface area contributed by atoms with Gasteiger partial charge in [0.15, 0.2) is 0 Å². The zero-order valence-electron chi connectivity index (χ0n) is 11.4. The summed E-state index contributed by atoms with van der Waals surface area (Å²) < 4.78 is 0. The van der Waals surface area contributed by atoms with Crippen molar-refractivity contribution in [2.24, 2.45) is 11.3 Å². The number of carbonyl (C=O) groups excluding carboxylic acids is 1. The number of hydrogen-bond acceptors (Lipinski definition) is 3. The molecule has 1 saturated carbocycles. The molecule has 1 aromatic rings. The van der Waals surface area contributed by atoms with Gasteiger partial charge >= 0.3 is 0 Å². The molecule has 2 aliphatic rings. The number of rotatable bonds is 4. The molecule has 1 aliphatic heterocycles. The first-order valence-electron chi connectivity index (χ1n) is 7.12. The fraction of sp³-hybridized carbons (Fsp3) is 0.600. The molecule has 102 valence electrons. The molecule has 0 bridgehead atoms. The van der Waals surface area contributed by atoms with Gasteiger partial charge in [-0.2, -0.15) is 0 Å². The Labute approximate surface area is 114 Å². The fourth-order valence-electron chi connectivity index (χ4n) is 3.34. The summed E-state index contributed by atoms with van der Waals surface area (Å²) in [6, 6.07) is 4.03. The maximum atomic E-state index is 12.3. The summed E-state index contributed by atoms with van der Waals surface area (Å²) in [5, 5.41) is 6.47. The van der Waals surface area contributed by atoms with E-state index in [1.54, 1.807) is 6.20 Å². The molecule has 2 fully saturated rings. The molecule has 3 rings (SSSR count). The molecule has 0 radical (unpaired) electrons. The molecular formula is C15H21N3O. The molecule has 4 nitrogen and oxygen atoms in total. The number of aryl methyl sites for hydroxylation is 1. The summed E-state index contributed by atoms with van der Waals surface area (Å²) in [7, 11) is 0. The molecule has 2 N–H and O–H groups in total. The van der Waals surface area contributed by atoms with Gasteiger partial charge in [0.2, 0.25) is 5.91 Å². The predicted octanol–water partition coefficient (Wildman–Crippen LogP) is 1.05. The van der Waals surface area contributed by atoms with E-state index >= 15 is 0 Å². The highest BCUT2D eigenvalue weighted by Gasteiger charge is 2.54. The maximum absolute atomic E-state index is 12.3. The van der Waals surface area contributed by atoms with Gasteiger partial charge in [-0.05, 0) is 50.3 Å². The minimum Gasteiger partial charge on any atom is -0.355 e. The average molecular weight is 259 g/mol. The van der Waals surface area contributed by atoms with Crippen molar-refractivity contribution in [2.45, 2.75) is 26.2 Å². The van der Waals surface area contributed by atoms with Gasteiger partial charge < -0.3 is 10.6 Å². The number of pyridine rings is 1. The lowest BCUT2D eigenvalue weighted by Gasteiger charge is -2.42. The van der Waals surface area contributed by atoms with Crippen molar-refractivity contribution >= 4 is 5.91 Å². The second kappa shape index (κ2) is 4.93. The molecule has 19 heavy (non-hydrogen) atoms. The minimum atomic E-state index is -0.0933. The van der Waals surface area contributed by atoms with Crippen molar-refractivity contribution in [3.8, 4) is 0 Å². The monoisotopic (exact) mass is 259 g/mol. The SMILES string of the molecule is Cc1ncccc1CCNC(=O)[C@]12CC[C@H]1CNC2. The summed E-state index contributed by atoms with van der Waals surface area (Å²) in [6.07, 6.45) is 4.91. The van der Waals surface area contributed by atoms with Gasteiger partial charge in [0.25, 0.3) is 0 Å². The third-order valence-corrected chi connectivity index (χ3v) is 4.80. The summed E-state index contributed by atoms with van der Waals surface area (Å²) in [4.78, 5) is 16.6. The third kappa shape index (κ3) is 2.14. The van der Waals surface area contributed by atoms with Crippen LogP contribution in [-0.2, 0) is 11.2 Å². The van der Waals surface area contributed by atoms with E-state index in [4.69, 9.17) is 0 Å². The van der Waals surface area contributed by atoms with Crippen LogP contribution in [0.2, 0.25) is 0 Å². The maximum Gasteiger partial charge on any atom is 0.227 e. The fourth-order valence-corrected chi connectivity index (χ4v) is 3.34. The van der Waals surface area contributed by atoms with Crippen LogP contribution in [0, 0.1) is 18.3 Å². The van der Waals surface area contributed by atoms with Crippen molar-refractivity contribution in [3.05, 3.63) is 29.6 Å². The standard InChI is InChI=1S/C15H21N3O/c1-11-12(3-2-7-17-11)5-8-18-14(19)15-6-4-13(15)9-16-10-15/h2-3,7,13,16H,4-6,8-10H2,1H3,(H,18,19)/t13-,15-/m0/s1. The normalized spacial score (nSPS) is 28.6. The zero-order chi connectivity index (χ0) is 13.3. The quantitative estimate of drug-likeness (QED) is 0.850. The van der Waals surface area contributed by atoms with Crippen molar-refractivity contribution in [2.75, 3.05) is 19.6 Å². The van der Waals surface area contributed by atoms with E-state index in [9.17, 15) is 4.79 Å². The van der Waals surface area contributed by atoms with Crippen LogP contribution in [0.25, 0.3) is 0 Å². The summed E-state index contributed by atoms with van der Waals surface area (Å²) >= 11 is 0. The third-order valence-electron chi connectivity index (χ3n) is 4.80. The Kier molecular flexibility index (Phi) is 3.27. The Morgan fingerprint density at radius 2 is 2.53 bits per heavy atom. The highest BCUT2D eigenvalue weighted by Crippen LogP contribution is 2.49. The molecule has 0 aromatic carbocycles. The second-order valence-corrected chi connectivity index (χ2v) is 5.78. The molecule has 1 aliphatic carbocycles. The van der Waals surface area contributed by atoms with Crippen LogP contribution in [0.1, 0.15) is 24.1 Å². The van der Waals surface area contributed by atoms with Crippen LogP contribution in [-0.4, -0.2) is 30.5 Å². The Balaban J connectivity index is 1.53. The van der Waals surface area contributed by atoms with E-state index in [0.717, 1.165) is 31.6 Å². The number of nitrogens with zero attached hydrogens (tertiary/aromatic N) is 1. The lowest BCUT2D eigenvalue weighted by molar-refractivity contribution is -0.137. The van der Waals surface area contributed by atoms with E-state index < -0.39 is 0 Å². The molecule has 1 saturated heterocycles. The van der Waals surface area contributed by atoms with Crippen molar-refractivity contribution in [3.63, 3.8) is 0 Å². The van der Waals surface area contributed by atoms with Crippen LogP contribution in [0.4, 0.5) is 0 Å². The first-order valence-corrected chi connectivity index (χ1v) is 7.12. The van der Waals surface area contributed by atoms with Crippen molar-refractivity contribution in [1.82, 2.24) is 15.6 Å². The second-order valence-electron chi connectivity index (χ2n) is 5.78. The zero-order valence-corrected chi connectivity index (χ0v) is 11.4. The first-order chi connectivity index (χ1) is 9.22. The lowest BCUT2D eigenvalue weighted by Crippen LogP contribution is -2.52. The van der Waals surface area contributed by atoms with E-state index in [1.807, 2.05) is 13.0 Å². The summed E-state index contributed by atoms with van der Waals surface area (Å²) in [5.74, 6) is 0.808. The molecular weight excluding hydrogens is 238 g/mol. The topological polar surface area (TPSA) is 54.0 Å². The van der Waals surface area contributed by atoms with Gasteiger partial charge in [-0.1, -0.05) is 6.07 Å². The molecule has 0 unspecified atom stereocenters. The smallest absolute Gasteiger partial charge is 0.227 e. The number of amides is 1. The highest BCUT2D eigenvalue weighted by molar-refractivity contribution is 5.84. The molecule has 1 aromatic heterocycles. The molecule has 4 heteroatoms. The number of carbonyl (C=O) groups is 1. The summed E-state index contributed by atoms with van der Waals surface area (Å²) in [5.41, 5.74) is 2.18.